The first-order chi connectivity index (χ1) is 13.8. The van der Waals surface area contributed by atoms with E-state index in [0.29, 0.717) is 0 Å². The summed E-state index contributed by atoms with van der Waals surface area (Å²) in [5.41, 5.74) is -1.53. The second-order valence-electron chi connectivity index (χ2n) is 6.19. The van der Waals surface area contributed by atoms with Crippen molar-refractivity contribution in [1.29, 1.82) is 0 Å². The Morgan fingerprint density at radius 3 is 2.62 bits per heavy atom. The Kier molecular flexibility index (Phi) is 6.14. The summed E-state index contributed by atoms with van der Waals surface area (Å²) >= 11 is 5.70. The Labute approximate surface area is 168 Å². The summed E-state index contributed by atoms with van der Waals surface area (Å²) in [4.78, 5) is 48.8. The molecule has 0 unspecified atom stereocenters. The van der Waals surface area contributed by atoms with E-state index in [2.05, 4.69) is 0 Å². The van der Waals surface area contributed by atoms with Crippen molar-refractivity contribution >= 4 is 23.5 Å². The predicted octanol–water partition coefficient (Wildman–Crippen LogP) is 1.21. The average molecular weight is 427 g/mol. The van der Waals surface area contributed by atoms with Gasteiger partial charge in [0.1, 0.15) is 17.7 Å². The maximum Gasteiger partial charge on any atom is 0.338 e. The minimum absolute atomic E-state index is 0.270. The van der Waals surface area contributed by atoms with Crippen LogP contribution in [0.2, 0.25) is 5.02 Å². The molecule has 3 rings (SSSR count). The number of benzene rings is 1. The lowest BCUT2D eigenvalue weighted by Gasteiger charge is -2.18. The van der Waals surface area contributed by atoms with Gasteiger partial charge in [-0.05, 0) is 12.1 Å². The van der Waals surface area contributed by atoms with Crippen molar-refractivity contribution in [2.24, 2.45) is 0 Å². The smallest absolute Gasteiger partial charge is 0.338 e. The summed E-state index contributed by atoms with van der Waals surface area (Å²) in [6, 6.07) is 8.07. The van der Waals surface area contributed by atoms with Gasteiger partial charge in [0.15, 0.2) is 18.5 Å². The number of halogens is 2. The molecule has 1 aliphatic rings. The predicted molar refractivity (Wildman–Crippen MR) is 97.4 cm³/mol. The van der Waals surface area contributed by atoms with Crippen LogP contribution in [0, 0.1) is 0 Å². The highest BCUT2D eigenvalue weighted by atomic mass is 35.5. The first-order valence-corrected chi connectivity index (χ1v) is 8.85. The van der Waals surface area contributed by atoms with E-state index < -0.39 is 54.4 Å². The molecule has 2 heterocycles. The normalized spacial score (nSPS) is 23.6. The third kappa shape index (κ3) is 4.54. The zero-order valence-electron chi connectivity index (χ0n) is 15.0. The Bertz CT molecular complexity index is 1020. The summed E-state index contributed by atoms with van der Waals surface area (Å²) in [6.45, 7) is 0.643. The van der Waals surface area contributed by atoms with Crippen LogP contribution in [0.5, 0.6) is 0 Å². The molecule has 2 aromatic rings. The molecular weight excluding hydrogens is 411 g/mol. The summed E-state index contributed by atoms with van der Waals surface area (Å²) in [6.07, 6.45) is -5.26. The molecule has 0 radical (unpaired) electrons. The van der Waals surface area contributed by atoms with Crippen LogP contribution in [-0.2, 0) is 19.0 Å². The van der Waals surface area contributed by atoms with Gasteiger partial charge in [-0.1, -0.05) is 29.8 Å². The minimum atomic E-state index is -1.99. The van der Waals surface area contributed by atoms with Gasteiger partial charge >= 0.3 is 17.6 Å². The van der Waals surface area contributed by atoms with Crippen LogP contribution in [0.1, 0.15) is 23.5 Å². The second kappa shape index (κ2) is 8.58. The minimum Gasteiger partial charge on any atom is -0.459 e. The van der Waals surface area contributed by atoms with Crippen LogP contribution < -0.4 is 11.2 Å². The molecule has 1 saturated heterocycles. The zero-order chi connectivity index (χ0) is 21.1. The largest absolute Gasteiger partial charge is 0.459 e. The van der Waals surface area contributed by atoms with Crippen molar-refractivity contribution in [2.75, 3.05) is 6.61 Å². The van der Waals surface area contributed by atoms with Gasteiger partial charge in [0, 0.05) is 13.1 Å². The molecule has 1 aromatic heterocycles. The van der Waals surface area contributed by atoms with Gasteiger partial charge in [0.05, 0.1) is 5.56 Å². The SMILES string of the molecule is CC(=O)O[C@H]1[C@@H](F)[C@H](n2cc(Cl)c(=O)[nH]c2=O)O[C@@H]1COC(=O)c1ccccc1. The number of carbonyl (C=O) groups is 2. The van der Waals surface area contributed by atoms with Crippen LogP contribution in [0.15, 0.2) is 46.1 Å². The van der Waals surface area contributed by atoms with Crippen molar-refractivity contribution in [3.8, 4) is 0 Å². The zero-order valence-corrected chi connectivity index (χ0v) is 15.8. The number of esters is 2. The summed E-state index contributed by atoms with van der Waals surface area (Å²) in [5, 5.41) is -0.358. The fraction of sp³-hybridized carbons (Fsp3) is 0.333. The number of rotatable bonds is 5. The molecule has 1 N–H and O–H groups in total. The maximum atomic E-state index is 15.0. The van der Waals surface area contributed by atoms with Gasteiger partial charge in [0.25, 0.3) is 5.56 Å². The molecule has 9 nitrogen and oxygen atoms in total. The number of carbonyl (C=O) groups excluding carboxylic acids is 2. The molecule has 154 valence electrons. The van der Waals surface area contributed by atoms with E-state index in [1.807, 2.05) is 4.98 Å². The molecule has 0 bridgehead atoms. The molecule has 0 amide bonds. The van der Waals surface area contributed by atoms with Gasteiger partial charge in [-0.3, -0.25) is 19.1 Å². The molecule has 0 aliphatic carbocycles. The summed E-state index contributed by atoms with van der Waals surface area (Å²) in [7, 11) is 0. The van der Waals surface area contributed by atoms with Crippen molar-refractivity contribution in [2.45, 2.75) is 31.5 Å². The lowest BCUT2D eigenvalue weighted by atomic mass is 10.1. The third-order valence-electron chi connectivity index (χ3n) is 4.16. The van der Waals surface area contributed by atoms with Crippen molar-refractivity contribution in [1.82, 2.24) is 9.55 Å². The lowest BCUT2D eigenvalue weighted by molar-refractivity contribution is -0.152. The van der Waals surface area contributed by atoms with E-state index >= 15 is 0 Å². The van der Waals surface area contributed by atoms with Crippen molar-refractivity contribution in [3.63, 3.8) is 0 Å². The molecule has 29 heavy (non-hydrogen) atoms. The standard InChI is InChI=1S/C18H16ClFN2O7/c1-9(23)28-14-12(8-27-17(25)10-5-3-2-4-6-10)29-16(13(14)20)22-7-11(19)15(24)21-18(22)26/h2-7,12-14,16H,8H2,1H3,(H,21,24,26)/t12-,13-,14-,16-/m1/s1. The lowest BCUT2D eigenvalue weighted by Crippen LogP contribution is -2.38. The van der Waals surface area contributed by atoms with E-state index in [1.165, 1.54) is 12.1 Å². The highest BCUT2D eigenvalue weighted by Gasteiger charge is 2.49. The number of nitrogens with zero attached hydrogens (tertiary/aromatic N) is 1. The van der Waals surface area contributed by atoms with E-state index in [0.717, 1.165) is 17.7 Å². The Hall–Kier alpha value is -2.98. The highest BCUT2D eigenvalue weighted by Crippen LogP contribution is 2.33. The quantitative estimate of drug-likeness (QED) is 0.714. The monoisotopic (exact) mass is 426 g/mol. The topological polar surface area (TPSA) is 117 Å². The van der Waals surface area contributed by atoms with E-state index in [1.54, 1.807) is 18.2 Å². The van der Waals surface area contributed by atoms with Crippen LogP contribution in [-0.4, -0.2) is 46.5 Å². The van der Waals surface area contributed by atoms with Crippen LogP contribution in [0.4, 0.5) is 4.39 Å². The molecule has 1 aromatic carbocycles. The number of aromatic amines is 1. The van der Waals surface area contributed by atoms with E-state index in [4.69, 9.17) is 25.8 Å². The second-order valence-corrected chi connectivity index (χ2v) is 6.60. The summed E-state index contributed by atoms with van der Waals surface area (Å²) in [5.74, 6) is -1.47. The van der Waals surface area contributed by atoms with Crippen LogP contribution >= 0.6 is 11.6 Å². The molecule has 1 aliphatic heterocycles. The van der Waals surface area contributed by atoms with Crippen molar-refractivity contribution < 1.29 is 28.2 Å². The van der Waals surface area contributed by atoms with Gasteiger partial charge in [-0.2, -0.15) is 0 Å². The molecule has 0 spiro atoms. The van der Waals surface area contributed by atoms with Gasteiger partial charge in [-0.25, -0.2) is 14.0 Å². The fourth-order valence-electron chi connectivity index (χ4n) is 2.85. The number of ether oxygens (including phenoxy) is 3. The average Bonchev–Trinajstić information content (AvgIpc) is 2.98. The molecule has 11 heteroatoms. The first kappa shape index (κ1) is 20.7. The number of hydrogen-bond acceptors (Lipinski definition) is 7. The van der Waals surface area contributed by atoms with Crippen LogP contribution in [0.3, 0.4) is 0 Å². The Balaban J connectivity index is 1.81. The number of alkyl halides is 1. The number of aromatic nitrogens is 2. The first-order valence-electron chi connectivity index (χ1n) is 8.48. The molecule has 1 fully saturated rings. The summed E-state index contributed by atoms with van der Waals surface area (Å²) < 4.78 is 31.3. The van der Waals surface area contributed by atoms with E-state index in [9.17, 15) is 23.6 Å². The number of H-pyrrole nitrogens is 1. The van der Waals surface area contributed by atoms with Crippen LogP contribution in [0.25, 0.3) is 0 Å². The third-order valence-corrected chi connectivity index (χ3v) is 4.42. The highest BCUT2D eigenvalue weighted by molar-refractivity contribution is 6.30. The number of hydrogen-bond donors (Lipinski definition) is 1. The fourth-order valence-corrected chi connectivity index (χ4v) is 3.00. The van der Waals surface area contributed by atoms with Crippen molar-refractivity contribution in [3.05, 3.63) is 68.0 Å². The Morgan fingerprint density at radius 1 is 1.28 bits per heavy atom. The molecule has 4 atom stereocenters. The van der Waals surface area contributed by atoms with Gasteiger partial charge in [0.2, 0.25) is 0 Å². The van der Waals surface area contributed by atoms with E-state index in [-0.39, 0.29) is 10.6 Å². The van der Waals surface area contributed by atoms with Gasteiger partial charge < -0.3 is 14.2 Å². The maximum absolute atomic E-state index is 15.0. The molecule has 0 saturated carbocycles. The Morgan fingerprint density at radius 2 is 1.97 bits per heavy atom. The van der Waals surface area contributed by atoms with Gasteiger partial charge in [-0.15, -0.1) is 0 Å². The number of nitrogens with one attached hydrogen (secondary N) is 1. The molecular formula is C18H16ClFN2O7.